The number of fused-ring (bicyclic) bond motifs is 2. The molecule has 0 aliphatic rings. The number of hydrogen-bond acceptors (Lipinski definition) is 6. The third kappa shape index (κ3) is 4.06. The standard InChI is InChI=1S/C23H19ClN2O4S/c1-4-30-23(28)19-12(2)18-21(27)25-20(26-22(18)31-19)17(24)10-13-5-6-15-11-16(29-3)8-7-14(15)9-13/h5-11H,4H2,1-3H3,(H,25,26,27)/b17-10-. The van der Waals surface area contributed by atoms with Gasteiger partial charge in [0.1, 0.15) is 15.5 Å². The Morgan fingerprint density at radius 1 is 1.23 bits per heavy atom. The minimum absolute atomic E-state index is 0.241. The van der Waals surface area contributed by atoms with E-state index in [0.29, 0.717) is 20.7 Å². The highest BCUT2D eigenvalue weighted by Gasteiger charge is 2.20. The van der Waals surface area contributed by atoms with Crippen LogP contribution >= 0.6 is 22.9 Å². The predicted octanol–water partition coefficient (Wildman–Crippen LogP) is 5.37. The van der Waals surface area contributed by atoms with Crippen LogP contribution in [0.5, 0.6) is 5.75 Å². The highest BCUT2D eigenvalue weighted by molar-refractivity contribution is 7.20. The Bertz CT molecular complexity index is 1400. The van der Waals surface area contributed by atoms with Crippen LogP contribution < -0.4 is 10.3 Å². The van der Waals surface area contributed by atoms with Crippen LogP contribution in [0.4, 0.5) is 0 Å². The van der Waals surface area contributed by atoms with Crippen molar-refractivity contribution in [3.05, 3.63) is 68.6 Å². The first kappa shape index (κ1) is 21.1. The number of H-pyrrole nitrogens is 1. The van der Waals surface area contributed by atoms with Crippen molar-refractivity contribution >= 4 is 61.0 Å². The van der Waals surface area contributed by atoms with Gasteiger partial charge in [-0.25, -0.2) is 9.78 Å². The van der Waals surface area contributed by atoms with Crippen LogP contribution in [0.15, 0.2) is 41.2 Å². The first-order valence-electron chi connectivity index (χ1n) is 9.57. The number of rotatable bonds is 5. The number of thiophene rings is 1. The van der Waals surface area contributed by atoms with Crippen molar-refractivity contribution in [2.45, 2.75) is 13.8 Å². The zero-order valence-electron chi connectivity index (χ0n) is 17.1. The van der Waals surface area contributed by atoms with E-state index in [1.54, 1.807) is 27.0 Å². The molecule has 31 heavy (non-hydrogen) atoms. The lowest BCUT2D eigenvalue weighted by atomic mass is 10.1. The number of esters is 1. The number of ether oxygens (including phenoxy) is 2. The van der Waals surface area contributed by atoms with Crippen molar-refractivity contribution in [1.29, 1.82) is 0 Å². The molecule has 0 fully saturated rings. The normalized spacial score (nSPS) is 11.8. The number of carbonyl (C=O) groups excluding carboxylic acids is 1. The van der Waals surface area contributed by atoms with E-state index in [-0.39, 0.29) is 23.0 Å². The smallest absolute Gasteiger partial charge is 0.348 e. The fourth-order valence-electron chi connectivity index (χ4n) is 3.32. The summed E-state index contributed by atoms with van der Waals surface area (Å²) in [5.74, 6) is 0.571. The Morgan fingerprint density at radius 3 is 2.71 bits per heavy atom. The number of nitrogens with one attached hydrogen (secondary N) is 1. The van der Waals surface area contributed by atoms with Gasteiger partial charge in [-0.1, -0.05) is 29.8 Å². The highest BCUT2D eigenvalue weighted by atomic mass is 35.5. The predicted molar refractivity (Wildman–Crippen MR) is 125 cm³/mol. The van der Waals surface area contributed by atoms with Gasteiger partial charge in [0, 0.05) is 0 Å². The summed E-state index contributed by atoms with van der Waals surface area (Å²) in [7, 11) is 1.63. The van der Waals surface area contributed by atoms with Gasteiger partial charge in [0.05, 0.1) is 24.1 Å². The van der Waals surface area contributed by atoms with Gasteiger partial charge in [0.2, 0.25) is 0 Å². The molecule has 2 aromatic heterocycles. The van der Waals surface area contributed by atoms with Gasteiger partial charge in [-0.3, -0.25) is 4.79 Å². The summed E-state index contributed by atoms with van der Waals surface area (Å²) in [6, 6.07) is 11.7. The van der Waals surface area contributed by atoms with Crippen LogP contribution in [0, 0.1) is 6.92 Å². The summed E-state index contributed by atoms with van der Waals surface area (Å²) in [5, 5.41) is 2.74. The second kappa shape index (κ2) is 8.53. The number of carbonyl (C=O) groups is 1. The number of halogens is 1. The molecule has 0 saturated carbocycles. The molecule has 0 unspecified atom stereocenters. The quantitative estimate of drug-likeness (QED) is 0.410. The summed E-state index contributed by atoms with van der Waals surface area (Å²) in [5.41, 5.74) is 1.07. The fraction of sp³-hybridized carbons (Fsp3) is 0.174. The monoisotopic (exact) mass is 454 g/mol. The third-order valence-electron chi connectivity index (χ3n) is 4.85. The van der Waals surface area contributed by atoms with Crippen molar-refractivity contribution in [3.63, 3.8) is 0 Å². The van der Waals surface area contributed by atoms with Gasteiger partial charge in [-0.15, -0.1) is 11.3 Å². The van der Waals surface area contributed by atoms with Gasteiger partial charge in [-0.05, 0) is 60.0 Å². The molecule has 158 valence electrons. The van der Waals surface area contributed by atoms with E-state index in [4.69, 9.17) is 21.1 Å². The highest BCUT2D eigenvalue weighted by Crippen LogP contribution is 2.30. The Hall–Kier alpha value is -3.16. The maximum atomic E-state index is 12.7. The Morgan fingerprint density at radius 2 is 1.97 bits per heavy atom. The molecule has 4 aromatic rings. The number of methoxy groups -OCH3 is 1. The maximum Gasteiger partial charge on any atom is 0.348 e. The molecule has 0 amide bonds. The van der Waals surface area contributed by atoms with Gasteiger partial charge in [0.15, 0.2) is 5.82 Å². The molecular formula is C23H19ClN2O4S. The molecule has 0 radical (unpaired) electrons. The van der Waals surface area contributed by atoms with Gasteiger partial charge >= 0.3 is 5.97 Å². The van der Waals surface area contributed by atoms with E-state index in [1.165, 1.54) is 0 Å². The summed E-state index contributed by atoms with van der Waals surface area (Å²) < 4.78 is 10.3. The molecule has 0 atom stereocenters. The van der Waals surface area contributed by atoms with E-state index in [1.807, 2.05) is 36.4 Å². The van der Waals surface area contributed by atoms with Crippen molar-refractivity contribution in [2.24, 2.45) is 0 Å². The number of hydrogen-bond donors (Lipinski definition) is 1. The van der Waals surface area contributed by atoms with E-state index in [0.717, 1.165) is 33.4 Å². The first-order valence-corrected chi connectivity index (χ1v) is 10.8. The molecule has 0 saturated heterocycles. The van der Waals surface area contributed by atoms with E-state index in [2.05, 4.69) is 9.97 Å². The topological polar surface area (TPSA) is 81.3 Å². The largest absolute Gasteiger partial charge is 0.497 e. The molecule has 2 heterocycles. The maximum absolute atomic E-state index is 12.7. The molecule has 0 aliphatic heterocycles. The minimum Gasteiger partial charge on any atom is -0.497 e. The van der Waals surface area contributed by atoms with Crippen LogP contribution in [0.25, 0.3) is 32.1 Å². The molecule has 0 bridgehead atoms. The fourth-order valence-corrected chi connectivity index (χ4v) is 4.61. The lowest BCUT2D eigenvalue weighted by molar-refractivity contribution is 0.0531. The second-order valence-corrected chi connectivity index (χ2v) is 8.24. The van der Waals surface area contributed by atoms with Crippen LogP contribution in [-0.4, -0.2) is 29.7 Å². The number of nitrogens with zero attached hydrogens (tertiary/aromatic N) is 1. The van der Waals surface area contributed by atoms with Crippen LogP contribution in [0.2, 0.25) is 0 Å². The number of benzene rings is 2. The summed E-state index contributed by atoms with van der Waals surface area (Å²) in [6.45, 7) is 3.70. The Balaban J connectivity index is 1.74. The van der Waals surface area contributed by atoms with Gasteiger partial charge < -0.3 is 14.5 Å². The van der Waals surface area contributed by atoms with Crippen molar-refractivity contribution in [1.82, 2.24) is 9.97 Å². The third-order valence-corrected chi connectivity index (χ3v) is 6.31. The van der Waals surface area contributed by atoms with E-state index < -0.39 is 5.97 Å². The van der Waals surface area contributed by atoms with Gasteiger partial charge in [0.25, 0.3) is 5.56 Å². The zero-order valence-corrected chi connectivity index (χ0v) is 18.7. The second-order valence-electron chi connectivity index (χ2n) is 6.84. The van der Waals surface area contributed by atoms with Crippen LogP contribution in [-0.2, 0) is 4.74 Å². The van der Waals surface area contributed by atoms with Crippen LogP contribution in [0.3, 0.4) is 0 Å². The minimum atomic E-state index is -0.460. The summed E-state index contributed by atoms with van der Waals surface area (Å²) in [6.07, 6.45) is 1.74. The molecule has 4 rings (SSSR count). The van der Waals surface area contributed by atoms with Gasteiger partial charge in [-0.2, -0.15) is 0 Å². The van der Waals surface area contributed by atoms with E-state index in [9.17, 15) is 9.59 Å². The number of aromatic nitrogens is 2. The summed E-state index contributed by atoms with van der Waals surface area (Å²) >= 11 is 7.62. The first-order chi connectivity index (χ1) is 14.9. The van der Waals surface area contributed by atoms with Crippen molar-refractivity contribution in [2.75, 3.05) is 13.7 Å². The molecule has 1 N–H and O–H groups in total. The molecule has 6 nitrogen and oxygen atoms in total. The molecule has 0 aliphatic carbocycles. The molecular weight excluding hydrogens is 436 g/mol. The molecule has 0 spiro atoms. The van der Waals surface area contributed by atoms with Crippen molar-refractivity contribution in [3.8, 4) is 5.75 Å². The average molecular weight is 455 g/mol. The molecule has 8 heteroatoms. The van der Waals surface area contributed by atoms with E-state index >= 15 is 0 Å². The zero-order chi connectivity index (χ0) is 22.1. The summed E-state index contributed by atoms with van der Waals surface area (Å²) in [4.78, 5) is 32.8. The lowest BCUT2D eigenvalue weighted by Crippen LogP contribution is -2.10. The molecule has 2 aromatic carbocycles. The number of aromatic amines is 1. The SMILES string of the molecule is CCOC(=O)c1sc2nc(/C(Cl)=C/c3ccc4cc(OC)ccc4c3)[nH]c(=O)c2c1C. The van der Waals surface area contributed by atoms with Crippen LogP contribution in [0.1, 0.15) is 33.5 Å². The lowest BCUT2D eigenvalue weighted by Gasteiger charge is -2.04. The van der Waals surface area contributed by atoms with Crippen molar-refractivity contribution < 1.29 is 14.3 Å². The number of aryl methyl sites for hydroxylation is 1. The average Bonchev–Trinajstić information content (AvgIpc) is 3.10. The Kier molecular flexibility index (Phi) is 5.80. The Labute approximate surface area is 187 Å².